The Morgan fingerprint density at radius 1 is 1.42 bits per heavy atom. The number of nitrogens with one attached hydrogen (secondary N) is 1. The maximum Gasteiger partial charge on any atom is 0.347 e. The van der Waals surface area contributed by atoms with Crippen LogP contribution in [-0.2, 0) is 20.7 Å². The molecule has 2 aromatic rings. The van der Waals surface area contributed by atoms with E-state index < -0.39 is 17.4 Å². The Balaban J connectivity index is 2.44. The SMILES string of the molecule is CCOC(=O)C(C#N)(Cc1csc2cc(OC)ccc12)NC(C)=O. The van der Waals surface area contributed by atoms with Crippen molar-refractivity contribution in [2.24, 2.45) is 0 Å². The molecule has 0 radical (unpaired) electrons. The molecule has 0 saturated heterocycles. The minimum Gasteiger partial charge on any atom is -0.497 e. The van der Waals surface area contributed by atoms with E-state index in [0.29, 0.717) is 0 Å². The number of benzene rings is 1. The van der Waals surface area contributed by atoms with Crippen molar-refractivity contribution in [2.45, 2.75) is 25.8 Å². The molecule has 1 aromatic heterocycles. The van der Waals surface area contributed by atoms with E-state index >= 15 is 0 Å². The lowest BCUT2D eigenvalue weighted by Gasteiger charge is -2.24. The van der Waals surface area contributed by atoms with E-state index in [0.717, 1.165) is 21.4 Å². The lowest BCUT2D eigenvalue weighted by atomic mass is 9.91. The first-order valence-corrected chi connectivity index (χ1v) is 8.25. The van der Waals surface area contributed by atoms with Gasteiger partial charge in [-0.3, -0.25) is 4.79 Å². The molecule has 1 unspecified atom stereocenters. The summed E-state index contributed by atoms with van der Waals surface area (Å²) in [4.78, 5) is 23.8. The molecule has 0 aliphatic carbocycles. The summed E-state index contributed by atoms with van der Waals surface area (Å²) in [6.07, 6.45) is 0.0360. The van der Waals surface area contributed by atoms with Crippen LogP contribution in [0.5, 0.6) is 5.75 Å². The van der Waals surface area contributed by atoms with Crippen molar-refractivity contribution in [3.05, 3.63) is 29.1 Å². The number of rotatable bonds is 6. The highest BCUT2D eigenvalue weighted by atomic mass is 32.1. The fourth-order valence-corrected chi connectivity index (χ4v) is 3.44. The van der Waals surface area contributed by atoms with Crippen molar-refractivity contribution in [2.75, 3.05) is 13.7 Å². The third kappa shape index (κ3) is 3.49. The molecule has 6 nitrogen and oxygen atoms in total. The lowest BCUT2D eigenvalue weighted by Crippen LogP contribution is -2.55. The summed E-state index contributed by atoms with van der Waals surface area (Å²) >= 11 is 1.48. The van der Waals surface area contributed by atoms with Gasteiger partial charge in [0, 0.05) is 18.0 Å². The molecule has 0 saturated carbocycles. The van der Waals surface area contributed by atoms with Crippen molar-refractivity contribution < 1.29 is 19.1 Å². The van der Waals surface area contributed by atoms with Gasteiger partial charge in [-0.1, -0.05) is 0 Å². The second-order valence-corrected chi connectivity index (χ2v) is 6.13. The van der Waals surface area contributed by atoms with Crippen LogP contribution in [0.2, 0.25) is 0 Å². The number of nitrogens with zero attached hydrogens (tertiary/aromatic N) is 1. The van der Waals surface area contributed by atoms with Crippen LogP contribution in [-0.4, -0.2) is 31.1 Å². The number of carbonyl (C=O) groups excluding carboxylic acids is 2. The van der Waals surface area contributed by atoms with Gasteiger partial charge in [0.05, 0.1) is 13.7 Å². The van der Waals surface area contributed by atoms with Crippen LogP contribution in [0.15, 0.2) is 23.6 Å². The standard InChI is InChI=1S/C17H18N2O4S/c1-4-23-16(21)17(10-18,19-11(2)20)8-12-9-24-15-7-13(22-3)5-6-14(12)15/h5-7,9H,4,8H2,1-3H3,(H,19,20). The number of hydrogen-bond donors (Lipinski definition) is 1. The van der Waals surface area contributed by atoms with Gasteiger partial charge < -0.3 is 14.8 Å². The van der Waals surface area contributed by atoms with E-state index in [2.05, 4.69) is 5.32 Å². The van der Waals surface area contributed by atoms with E-state index in [4.69, 9.17) is 9.47 Å². The van der Waals surface area contributed by atoms with Crippen molar-refractivity contribution >= 4 is 33.3 Å². The number of amides is 1. The summed E-state index contributed by atoms with van der Waals surface area (Å²) in [7, 11) is 1.59. The summed E-state index contributed by atoms with van der Waals surface area (Å²) in [6.45, 7) is 3.05. The molecule has 24 heavy (non-hydrogen) atoms. The second kappa shape index (κ2) is 7.32. The molecule has 1 aromatic carbocycles. The van der Waals surface area contributed by atoms with Gasteiger partial charge in [0.1, 0.15) is 11.8 Å². The monoisotopic (exact) mass is 346 g/mol. The Morgan fingerprint density at radius 3 is 2.75 bits per heavy atom. The van der Waals surface area contributed by atoms with Gasteiger partial charge in [0.2, 0.25) is 11.4 Å². The van der Waals surface area contributed by atoms with Crippen LogP contribution in [0.25, 0.3) is 10.1 Å². The van der Waals surface area contributed by atoms with Crippen LogP contribution >= 0.6 is 11.3 Å². The fraction of sp³-hybridized carbons (Fsp3) is 0.353. The topological polar surface area (TPSA) is 88.4 Å². The van der Waals surface area contributed by atoms with Gasteiger partial charge in [-0.15, -0.1) is 11.3 Å². The molecule has 1 N–H and O–H groups in total. The van der Waals surface area contributed by atoms with Crippen molar-refractivity contribution in [3.8, 4) is 11.8 Å². The Bertz CT molecular complexity index is 809. The van der Waals surface area contributed by atoms with Crippen LogP contribution < -0.4 is 10.1 Å². The molecule has 7 heteroatoms. The molecule has 0 aliphatic heterocycles. The average Bonchev–Trinajstić information content (AvgIpc) is 2.95. The number of methoxy groups -OCH3 is 1. The van der Waals surface area contributed by atoms with Crippen molar-refractivity contribution in [1.82, 2.24) is 5.32 Å². The number of hydrogen-bond acceptors (Lipinski definition) is 6. The van der Waals surface area contributed by atoms with E-state index in [1.807, 2.05) is 29.6 Å². The van der Waals surface area contributed by atoms with Gasteiger partial charge in [-0.2, -0.15) is 5.26 Å². The highest BCUT2D eigenvalue weighted by Gasteiger charge is 2.42. The van der Waals surface area contributed by atoms with Crippen LogP contribution in [0, 0.1) is 11.3 Å². The second-order valence-electron chi connectivity index (χ2n) is 5.22. The molecule has 126 valence electrons. The lowest BCUT2D eigenvalue weighted by molar-refractivity contribution is -0.150. The Hall–Kier alpha value is -2.59. The Labute approximate surface area is 144 Å². The molecule has 0 spiro atoms. The molecule has 1 amide bonds. The third-order valence-corrected chi connectivity index (χ3v) is 4.52. The first-order valence-electron chi connectivity index (χ1n) is 7.37. The van der Waals surface area contributed by atoms with Crippen molar-refractivity contribution in [3.63, 3.8) is 0 Å². The number of ether oxygens (including phenoxy) is 2. The van der Waals surface area contributed by atoms with E-state index in [-0.39, 0.29) is 13.0 Å². The number of nitriles is 1. The van der Waals surface area contributed by atoms with Crippen LogP contribution in [0.3, 0.4) is 0 Å². The summed E-state index contributed by atoms with van der Waals surface area (Å²) in [5.41, 5.74) is -0.948. The average molecular weight is 346 g/mol. The third-order valence-electron chi connectivity index (χ3n) is 3.52. The molecule has 0 bridgehead atoms. The molecule has 0 aliphatic rings. The van der Waals surface area contributed by atoms with Crippen LogP contribution in [0.1, 0.15) is 19.4 Å². The van der Waals surface area contributed by atoms with Gasteiger partial charge in [0.15, 0.2) is 0 Å². The zero-order valence-electron chi connectivity index (χ0n) is 13.7. The maximum absolute atomic E-state index is 12.3. The minimum atomic E-state index is -1.74. The summed E-state index contributed by atoms with van der Waals surface area (Å²) in [6, 6.07) is 7.51. The zero-order valence-corrected chi connectivity index (χ0v) is 14.5. The number of carbonyl (C=O) groups is 2. The molecule has 2 rings (SSSR count). The first kappa shape index (κ1) is 17.8. The Kier molecular flexibility index (Phi) is 5.42. The zero-order chi connectivity index (χ0) is 17.7. The predicted molar refractivity (Wildman–Crippen MR) is 90.9 cm³/mol. The quantitative estimate of drug-likeness (QED) is 0.812. The van der Waals surface area contributed by atoms with Crippen molar-refractivity contribution in [1.29, 1.82) is 5.26 Å². The number of thiophene rings is 1. The normalized spacial score (nSPS) is 12.9. The molecule has 1 atom stereocenters. The van der Waals surface area contributed by atoms with Gasteiger partial charge in [-0.05, 0) is 41.5 Å². The largest absolute Gasteiger partial charge is 0.497 e. The molecular weight excluding hydrogens is 328 g/mol. The summed E-state index contributed by atoms with van der Waals surface area (Å²) in [5, 5.41) is 14.8. The summed E-state index contributed by atoms with van der Waals surface area (Å²) in [5.74, 6) is -0.490. The maximum atomic E-state index is 12.3. The van der Waals surface area contributed by atoms with Gasteiger partial charge in [-0.25, -0.2) is 4.79 Å². The number of esters is 1. The minimum absolute atomic E-state index is 0.0360. The van der Waals surface area contributed by atoms with Gasteiger partial charge in [0.25, 0.3) is 0 Å². The summed E-state index contributed by atoms with van der Waals surface area (Å²) < 4.78 is 11.2. The molecule has 0 fully saturated rings. The fourth-order valence-electron chi connectivity index (χ4n) is 2.45. The van der Waals surface area contributed by atoms with Gasteiger partial charge >= 0.3 is 5.97 Å². The highest BCUT2D eigenvalue weighted by molar-refractivity contribution is 7.17. The number of fused-ring (bicyclic) bond motifs is 1. The smallest absolute Gasteiger partial charge is 0.347 e. The van der Waals surface area contributed by atoms with E-state index in [1.54, 1.807) is 14.0 Å². The predicted octanol–water partition coefficient (Wildman–Crippen LogP) is 2.41. The highest BCUT2D eigenvalue weighted by Crippen LogP contribution is 2.32. The first-order chi connectivity index (χ1) is 11.5. The Morgan fingerprint density at radius 2 is 2.17 bits per heavy atom. The van der Waals surface area contributed by atoms with E-state index in [1.165, 1.54) is 18.3 Å². The van der Waals surface area contributed by atoms with E-state index in [9.17, 15) is 14.9 Å². The molecular formula is C17H18N2O4S. The van der Waals surface area contributed by atoms with Crippen LogP contribution in [0.4, 0.5) is 0 Å². The molecule has 1 heterocycles.